The van der Waals surface area contributed by atoms with Crippen LogP contribution in [0.3, 0.4) is 0 Å². The molecule has 17 heavy (non-hydrogen) atoms. The van der Waals surface area contributed by atoms with Gasteiger partial charge in [0, 0.05) is 6.54 Å². The third-order valence-corrected chi connectivity index (χ3v) is 5.46. The molecule has 0 aromatic carbocycles. The maximum absolute atomic E-state index is 4.70. The van der Waals surface area contributed by atoms with E-state index in [9.17, 15) is 0 Å². The Morgan fingerprint density at radius 1 is 1.47 bits per heavy atom. The van der Waals surface area contributed by atoms with E-state index in [0.717, 1.165) is 33.9 Å². The minimum atomic E-state index is 0.507. The van der Waals surface area contributed by atoms with Gasteiger partial charge in [-0.15, -0.1) is 0 Å². The van der Waals surface area contributed by atoms with Gasteiger partial charge in [0.2, 0.25) is 0 Å². The molecule has 1 unspecified atom stereocenters. The molecule has 2 rings (SSSR count). The van der Waals surface area contributed by atoms with Gasteiger partial charge in [-0.2, -0.15) is 11.8 Å². The Balaban J connectivity index is 2.24. The van der Waals surface area contributed by atoms with Crippen molar-refractivity contribution in [3.05, 3.63) is 15.1 Å². The highest BCUT2D eigenvalue weighted by Gasteiger charge is 2.22. The van der Waals surface area contributed by atoms with Crippen LogP contribution in [0.4, 0.5) is 5.82 Å². The standard InChI is InChI=1S/C12H18IN3S/c1-3-6-14-12-10(13)8(2)15-11(16-12)9-5-4-7-17-9/h9H,3-7H2,1-2H3,(H,14,15,16). The summed E-state index contributed by atoms with van der Waals surface area (Å²) in [6.07, 6.45) is 3.63. The number of nitrogens with zero attached hydrogens (tertiary/aromatic N) is 2. The predicted octanol–water partition coefficient (Wildman–Crippen LogP) is 3.78. The van der Waals surface area contributed by atoms with E-state index in [2.05, 4.69) is 46.7 Å². The highest BCUT2D eigenvalue weighted by atomic mass is 127. The Morgan fingerprint density at radius 3 is 2.94 bits per heavy atom. The Morgan fingerprint density at radius 2 is 2.29 bits per heavy atom. The summed E-state index contributed by atoms with van der Waals surface area (Å²) in [6, 6.07) is 0. The van der Waals surface area contributed by atoms with Crippen LogP contribution < -0.4 is 5.32 Å². The van der Waals surface area contributed by atoms with E-state index in [4.69, 9.17) is 4.98 Å². The van der Waals surface area contributed by atoms with Gasteiger partial charge in [-0.05, 0) is 54.5 Å². The monoisotopic (exact) mass is 363 g/mol. The van der Waals surface area contributed by atoms with Gasteiger partial charge in [-0.3, -0.25) is 0 Å². The molecule has 0 radical (unpaired) electrons. The molecule has 0 saturated carbocycles. The van der Waals surface area contributed by atoms with Gasteiger partial charge >= 0.3 is 0 Å². The van der Waals surface area contributed by atoms with E-state index in [-0.39, 0.29) is 0 Å². The fraction of sp³-hybridized carbons (Fsp3) is 0.667. The fourth-order valence-corrected chi connectivity index (χ4v) is 3.50. The van der Waals surface area contributed by atoms with Gasteiger partial charge < -0.3 is 5.32 Å². The van der Waals surface area contributed by atoms with E-state index < -0.39 is 0 Å². The van der Waals surface area contributed by atoms with Crippen LogP contribution in [0.25, 0.3) is 0 Å². The number of aryl methyl sites for hydroxylation is 1. The zero-order valence-corrected chi connectivity index (χ0v) is 13.3. The van der Waals surface area contributed by atoms with Crippen molar-refractivity contribution in [2.24, 2.45) is 0 Å². The summed E-state index contributed by atoms with van der Waals surface area (Å²) in [5, 5.41) is 3.91. The van der Waals surface area contributed by atoms with Gasteiger partial charge in [0.1, 0.15) is 11.6 Å². The smallest absolute Gasteiger partial charge is 0.144 e. The average molecular weight is 363 g/mol. The molecular weight excluding hydrogens is 345 g/mol. The van der Waals surface area contributed by atoms with E-state index in [0.29, 0.717) is 5.25 Å². The summed E-state index contributed by atoms with van der Waals surface area (Å²) in [7, 11) is 0. The third kappa shape index (κ3) is 3.24. The van der Waals surface area contributed by atoms with Crippen LogP contribution in [0.2, 0.25) is 0 Å². The third-order valence-electron chi connectivity index (χ3n) is 2.79. The largest absolute Gasteiger partial charge is 0.369 e. The molecule has 1 fully saturated rings. The molecule has 2 heterocycles. The van der Waals surface area contributed by atoms with Crippen LogP contribution in [0.15, 0.2) is 0 Å². The normalized spacial score (nSPS) is 19.6. The second kappa shape index (κ2) is 6.22. The maximum Gasteiger partial charge on any atom is 0.144 e. The first kappa shape index (κ1) is 13.4. The molecule has 0 spiro atoms. The molecule has 3 nitrogen and oxygen atoms in total. The van der Waals surface area contributed by atoms with E-state index in [1.54, 1.807) is 0 Å². The van der Waals surface area contributed by atoms with Crippen molar-refractivity contribution in [1.82, 2.24) is 9.97 Å². The molecule has 1 aliphatic heterocycles. The summed E-state index contributed by atoms with van der Waals surface area (Å²) in [6.45, 7) is 5.22. The lowest BCUT2D eigenvalue weighted by Crippen LogP contribution is -2.10. The number of anilines is 1. The molecule has 1 saturated heterocycles. The highest BCUT2D eigenvalue weighted by Crippen LogP contribution is 2.39. The summed E-state index contributed by atoms with van der Waals surface area (Å²) in [4.78, 5) is 9.35. The van der Waals surface area contributed by atoms with Crippen LogP contribution in [0, 0.1) is 10.5 Å². The van der Waals surface area contributed by atoms with Gasteiger partial charge in [0.05, 0.1) is 14.5 Å². The number of thioether (sulfide) groups is 1. The van der Waals surface area contributed by atoms with Gasteiger partial charge in [0.15, 0.2) is 0 Å². The van der Waals surface area contributed by atoms with Crippen molar-refractivity contribution in [3.63, 3.8) is 0 Å². The lowest BCUT2D eigenvalue weighted by atomic mass is 10.2. The minimum Gasteiger partial charge on any atom is -0.369 e. The lowest BCUT2D eigenvalue weighted by molar-refractivity contribution is 0.769. The van der Waals surface area contributed by atoms with Crippen LogP contribution in [0.1, 0.15) is 43.0 Å². The van der Waals surface area contributed by atoms with E-state index in [1.807, 2.05) is 11.8 Å². The number of halogens is 1. The van der Waals surface area contributed by atoms with Crippen molar-refractivity contribution < 1.29 is 0 Å². The molecule has 0 aliphatic carbocycles. The molecule has 5 heteroatoms. The van der Waals surface area contributed by atoms with Crippen LogP contribution in [-0.2, 0) is 0 Å². The number of hydrogen-bond donors (Lipinski definition) is 1. The molecule has 1 aromatic heterocycles. The molecule has 94 valence electrons. The topological polar surface area (TPSA) is 37.8 Å². The zero-order valence-electron chi connectivity index (χ0n) is 10.3. The number of aromatic nitrogens is 2. The lowest BCUT2D eigenvalue weighted by Gasteiger charge is -2.13. The van der Waals surface area contributed by atoms with Crippen molar-refractivity contribution in [3.8, 4) is 0 Å². The summed E-state index contributed by atoms with van der Waals surface area (Å²) in [5.74, 6) is 3.28. The maximum atomic E-state index is 4.70. The van der Waals surface area contributed by atoms with Gasteiger partial charge in [0.25, 0.3) is 0 Å². The Bertz CT molecular complexity index is 392. The van der Waals surface area contributed by atoms with E-state index >= 15 is 0 Å². The van der Waals surface area contributed by atoms with Crippen molar-refractivity contribution in [2.45, 2.75) is 38.4 Å². The Hall–Kier alpha value is -0.0400. The molecule has 1 aliphatic rings. The van der Waals surface area contributed by atoms with Crippen molar-refractivity contribution in [1.29, 1.82) is 0 Å². The number of nitrogens with one attached hydrogen (secondary N) is 1. The molecule has 1 aromatic rings. The van der Waals surface area contributed by atoms with Crippen molar-refractivity contribution in [2.75, 3.05) is 17.6 Å². The molecule has 1 N–H and O–H groups in total. The molecule has 0 bridgehead atoms. The molecule has 1 atom stereocenters. The summed E-state index contributed by atoms with van der Waals surface area (Å²) >= 11 is 4.32. The Labute approximate surface area is 121 Å². The van der Waals surface area contributed by atoms with Gasteiger partial charge in [-0.25, -0.2) is 9.97 Å². The second-order valence-corrected chi connectivity index (χ2v) is 6.65. The van der Waals surface area contributed by atoms with Gasteiger partial charge in [-0.1, -0.05) is 6.92 Å². The predicted molar refractivity (Wildman–Crippen MR) is 82.7 cm³/mol. The second-order valence-electron chi connectivity index (χ2n) is 4.26. The van der Waals surface area contributed by atoms with Crippen LogP contribution in [-0.4, -0.2) is 22.3 Å². The summed E-state index contributed by atoms with van der Waals surface area (Å²) < 4.78 is 1.16. The first-order valence-corrected chi connectivity index (χ1v) is 8.24. The Kier molecular flexibility index (Phi) is 4.90. The first-order chi connectivity index (χ1) is 8.22. The number of rotatable bonds is 4. The fourth-order valence-electron chi connectivity index (χ4n) is 1.87. The highest BCUT2D eigenvalue weighted by molar-refractivity contribution is 14.1. The average Bonchev–Trinajstić information content (AvgIpc) is 2.84. The summed E-state index contributed by atoms with van der Waals surface area (Å²) in [5.41, 5.74) is 1.10. The SMILES string of the molecule is CCCNc1nc(C2CCCS2)nc(C)c1I. The van der Waals surface area contributed by atoms with E-state index in [1.165, 1.54) is 18.6 Å². The van der Waals surface area contributed by atoms with Crippen LogP contribution in [0.5, 0.6) is 0 Å². The first-order valence-electron chi connectivity index (χ1n) is 6.12. The van der Waals surface area contributed by atoms with Crippen molar-refractivity contribution >= 4 is 40.2 Å². The quantitative estimate of drug-likeness (QED) is 0.827. The zero-order chi connectivity index (χ0) is 12.3. The van der Waals surface area contributed by atoms with Crippen LogP contribution >= 0.6 is 34.4 Å². The number of hydrogen-bond acceptors (Lipinski definition) is 4. The molecular formula is C12H18IN3S. The molecule has 0 amide bonds. The minimum absolute atomic E-state index is 0.507.